The van der Waals surface area contributed by atoms with Gasteiger partial charge >= 0.3 is 23.9 Å². The number of benzene rings is 6. The van der Waals surface area contributed by atoms with Gasteiger partial charge in [-0.05, 0) is 160 Å². The van der Waals surface area contributed by atoms with Gasteiger partial charge in [0.15, 0.2) is 0 Å². The van der Waals surface area contributed by atoms with E-state index in [1.807, 2.05) is 50.2 Å². The smallest absolute Gasteiger partial charge is 0.343 e. The van der Waals surface area contributed by atoms with Gasteiger partial charge in [-0.1, -0.05) is 98.6 Å². The molecule has 0 saturated heterocycles. The van der Waals surface area contributed by atoms with E-state index in [0.717, 1.165) is 42.4 Å². The second kappa shape index (κ2) is 24.5. The molecule has 8 nitrogen and oxygen atoms in total. The third-order valence-corrected chi connectivity index (χ3v) is 9.73. The first-order chi connectivity index (χ1) is 29.8. The van der Waals surface area contributed by atoms with E-state index in [2.05, 4.69) is 58.9 Å². The molecule has 6 aromatic rings. The Balaban J connectivity index is 0.000000749. The van der Waals surface area contributed by atoms with Crippen LogP contribution in [0.15, 0.2) is 133 Å². The number of methoxy groups -OCH3 is 1. The van der Waals surface area contributed by atoms with Crippen molar-refractivity contribution >= 4 is 23.9 Å². The number of hydrogen-bond donors (Lipinski definition) is 0. The molecule has 6 rings (SSSR count). The van der Waals surface area contributed by atoms with Gasteiger partial charge in [-0.3, -0.25) is 0 Å². The number of unbranched alkanes of at least 4 members (excludes halogenated alkanes) is 1. The number of carbonyl (C=O) groups excluding carboxylic acids is 4. The van der Waals surface area contributed by atoms with Crippen LogP contribution in [0.1, 0.15) is 119 Å². The van der Waals surface area contributed by atoms with Crippen LogP contribution in [0.25, 0.3) is 0 Å². The normalized spacial score (nSPS) is 10.3. The van der Waals surface area contributed by atoms with Crippen molar-refractivity contribution in [3.8, 4) is 11.5 Å². The molecule has 0 spiro atoms. The molecule has 62 heavy (non-hydrogen) atoms. The fraction of sp³-hybridized carbons (Fsp3) is 0.259. The zero-order valence-electron chi connectivity index (χ0n) is 37.2. The molecule has 0 aliphatic rings. The second-order valence-electron chi connectivity index (χ2n) is 15.1. The fourth-order valence-corrected chi connectivity index (χ4v) is 6.71. The van der Waals surface area contributed by atoms with Crippen LogP contribution in [0.5, 0.6) is 11.5 Å². The molecule has 322 valence electrons. The van der Waals surface area contributed by atoms with Crippen molar-refractivity contribution in [2.75, 3.05) is 13.7 Å². The summed E-state index contributed by atoms with van der Waals surface area (Å²) in [5, 5.41) is 0. The lowest BCUT2D eigenvalue weighted by Gasteiger charge is -2.15. The zero-order valence-corrected chi connectivity index (χ0v) is 37.2. The van der Waals surface area contributed by atoms with E-state index in [9.17, 15) is 19.2 Å². The Labute approximate surface area is 366 Å². The minimum absolute atomic E-state index is 0.304. The maximum Gasteiger partial charge on any atom is 0.343 e. The lowest BCUT2D eigenvalue weighted by atomic mass is 9.92. The molecule has 0 amide bonds. The van der Waals surface area contributed by atoms with Crippen molar-refractivity contribution in [2.24, 2.45) is 0 Å². The van der Waals surface area contributed by atoms with Gasteiger partial charge in [0.05, 0.1) is 36.0 Å². The lowest BCUT2D eigenvalue weighted by molar-refractivity contribution is 0.0496. The van der Waals surface area contributed by atoms with E-state index in [4.69, 9.17) is 18.9 Å². The van der Waals surface area contributed by atoms with Crippen molar-refractivity contribution in [1.29, 1.82) is 0 Å². The summed E-state index contributed by atoms with van der Waals surface area (Å²) in [4.78, 5) is 49.5. The molecule has 0 radical (unpaired) electrons. The third kappa shape index (κ3) is 14.7. The summed E-state index contributed by atoms with van der Waals surface area (Å²) in [7, 11) is 1.31. The Bertz CT molecular complexity index is 2340. The van der Waals surface area contributed by atoms with Crippen molar-refractivity contribution in [2.45, 2.75) is 80.6 Å². The van der Waals surface area contributed by atoms with Crippen LogP contribution < -0.4 is 9.47 Å². The third-order valence-electron chi connectivity index (χ3n) is 9.73. The van der Waals surface area contributed by atoms with Crippen molar-refractivity contribution in [3.63, 3.8) is 0 Å². The minimum Gasteiger partial charge on any atom is -0.465 e. The Hall–Kier alpha value is -6.80. The number of aryl methyl sites for hydroxylation is 5. The molecule has 0 bridgehead atoms. The number of rotatable bonds is 13. The standard InChI is InChI=1S/C44H42O8.C7H8.C3H8/c1-28-23-32(27-33-25-30(3)40(31(4)26-33)52-44(48)37-18-14-34(15-19-37)41(45)49-5)24-29(2)39(28)13-9-10-22-50-42(46)35-16-20-36(21-17-35)43(47)51-38-11-7-6-8-12-38;1-7-5-3-2-4-6-7;1-3-2/h6-8,11-12,14-21,23-26H,9-10,13,22,27H2,1-5H3;2-6H,1H3;3H2,1-2H3. The van der Waals surface area contributed by atoms with Crippen LogP contribution in [-0.2, 0) is 22.3 Å². The summed E-state index contributed by atoms with van der Waals surface area (Å²) in [6.07, 6.45) is 4.45. The van der Waals surface area contributed by atoms with Gasteiger partial charge in [-0.2, -0.15) is 0 Å². The van der Waals surface area contributed by atoms with E-state index in [0.29, 0.717) is 40.4 Å². The Morgan fingerprint density at radius 2 is 0.903 bits per heavy atom. The van der Waals surface area contributed by atoms with Gasteiger partial charge in [0.25, 0.3) is 0 Å². The topological polar surface area (TPSA) is 105 Å². The molecule has 0 fully saturated rings. The first kappa shape index (κ1) is 47.9. The maximum absolute atomic E-state index is 12.9. The summed E-state index contributed by atoms with van der Waals surface area (Å²) in [6, 6.07) is 40.0. The average molecular weight is 835 g/mol. The summed E-state index contributed by atoms with van der Waals surface area (Å²) in [5.41, 5.74) is 10.5. The van der Waals surface area contributed by atoms with Gasteiger partial charge < -0.3 is 18.9 Å². The molecule has 0 saturated carbocycles. The highest BCUT2D eigenvalue weighted by Crippen LogP contribution is 2.28. The number of hydrogen-bond acceptors (Lipinski definition) is 8. The average Bonchev–Trinajstić information content (AvgIpc) is 3.26. The number of para-hydroxylation sites is 1. The first-order valence-electron chi connectivity index (χ1n) is 21.0. The molecule has 6 aromatic carbocycles. The van der Waals surface area contributed by atoms with Crippen molar-refractivity contribution in [1.82, 2.24) is 0 Å². The molecule has 0 aliphatic heterocycles. The lowest BCUT2D eigenvalue weighted by Crippen LogP contribution is -2.11. The minimum atomic E-state index is -0.495. The zero-order chi connectivity index (χ0) is 45.0. The quantitative estimate of drug-likeness (QED) is 0.0643. The molecule has 0 aliphatic carbocycles. The van der Waals surface area contributed by atoms with E-state index in [-0.39, 0.29) is 0 Å². The Morgan fingerprint density at radius 3 is 1.35 bits per heavy atom. The molecule has 0 N–H and O–H groups in total. The predicted octanol–water partition coefficient (Wildman–Crippen LogP) is 12.3. The monoisotopic (exact) mass is 834 g/mol. The number of ether oxygens (including phenoxy) is 4. The molecule has 0 unspecified atom stereocenters. The van der Waals surface area contributed by atoms with E-state index < -0.39 is 23.9 Å². The van der Waals surface area contributed by atoms with Gasteiger partial charge in [0, 0.05) is 0 Å². The molecule has 0 atom stereocenters. The Kier molecular flexibility index (Phi) is 18.9. The van der Waals surface area contributed by atoms with Crippen LogP contribution in [0.3, 0.4) is 0 Å². The first-order valence-corrected chi connectivity index (χ1v) is 21.0. The second-order valence-corrected chi connectivity index (χ2v) is 15.1. The van der Waals surface area contributed by atoms with Crippen molar-refractivity contribution < 1.29 is 38.1 Å². The van der Waals surface area contributed by atoms with E-state index in [1.165, 1.54) is 53.5 Å². The molecule has 0 aromatic heterocycles. The van der Waals surface area contributed by atoms with Crippen LogP contribution in [0.2, 0.25) is 0 Å². The van der Waals surface area contributed by atoms with Crippen molar-refractivity contribution in [3.05, 3.63) is 200 Å². The summed E-state index contributed by atoms with van der Waals surface area (Å²) >= 11 is 0. The highest BCUT2D eigenvalue weighted by atomic mass is 16.5. The van der Waals surface area contributed by atoms with Gasteiger partial charge in [0.1, 0.15) is 11.5 Å². The molecular formula is C54H58O8. The molecular weight excluding hydrogens is 777 g/mol. The summed E-state index contributed by atoms with van der Waals surface area (Å²) in [5.74, 6) is -0.902. The Morgan fingerprint density at radius 1 is 0.484 bits per heavy atom. The van der Waals surface area contributed by atoms with Crippen LogP contribution >= 0.6 is 0 Å². The van der Waals surface area contributed by atoms with E-state index >= 15 is 0 Å². The largest absolute Gasteiger partial charge is 0.465 e. The maximum atomic E-state index is 12.9. The summed E-state index contributed by atoms with van der Waals surface area (Å²) in [6.45, 7) is 14.7. The highest BCUT2D eigenvalue weighted by Gasteiger charge is 2.16. The van der Waals surface area contributed by atoms with Gasteiger partial charge in [-0.15, -0.1) is 0 Å². The van der Waals surface area contributed by atoms with Crippen LogP contribution in [-0.4, -0.2) is 37.6 Å². The molecule has 0 heterocycles. The van der Waals surface area contributed by atoms with Crippen LogP contribution in [0.4, 0.5) is 0 Å². The highest BCUT2D eigenvalue weighted by molar-refractivity contribution is 5.95. The SMILES string of the molecule is CCC.COC(=O)c1ccc(C(=O)Oc2c(C)cc(Cc3cc(C)c(CCCCOC(=O)c4ccc(C(=O)Oc5ccccc5)cc4)c(C)c3)cc2C)cc1.Cc1ccccc1. The van der Waals surface area contributed by atoms with E-state index in [1.54, 1.807) is 60.7 Å². The number of carbonyl (C=O) groups is 4. The van der Waals surface area contributed by atoms with Gasteiger partial charge in [0.2, 0.25) is 0 Å². The van der Waals surface area contributed by atoms with Crippen LogP contribution in [0, 0.1) is 34.6 Å². The molecule has 8 heteroatoms. The predicted molar refractivity (Wildman–Crippen MR) is 246 cm³/mol. The summed E-state index contributed by atoms with van der Waals surface area (Å²) < 4.78 is 21.3. The number of esters is 4. The fourth-order valence-electron chi connectivity index (χ4n) is 6.71. The van der Waals surface area contributed by atoms with Gasteiger partial charge in [-0.25, -0.2) is 19.2 Å².